The zero-order valence-electron chi connectivity index (χ0n) is 13.8. The van der Waals surface area contributed by atoms with E-state index in [0.29, 0.717) is 12.8 Å². The van der Waals surface area contributed by atoms with Crippen LogP contribution in [0.15, 0.2) is 0 Å². The molecular formula is C14H28N2O3Si. The summed E-state index contributed by atoms with van der Waals surface area (Å²) in [6, 6.07) is 0. The number of rotatable bonds is 7. The molecule has 20 heavy (non-hydrogen) atoms. The number of carbonyl (C=O) groups is 1. The highest BCUT2D eigenvalue weighted by molar-refractivity contribution is 6.74. The summed E-state index contributed by atoms with van der Waals surface area (Å²) in [5.74, 6) is -0.588. The fourth-order valence-electron chi connectivity index (χ4n) is 1.55. The van der Waals surface area contributed by atoms with Crippen LogP contribution in [-0.2, 0) is 14.0 Å². The lowest BCUT2D eigenvalue weighted by Crippen LogP contribution is -2.44. The fraction of sp³-hybridized carbons (Fsp3) is 0.857. The zero-order valence-corrected chi connectivity index (χ0v) is 14.8. The molecule has 0 aromatic carbocycles. The van der Waals surface area contributed by atoms with E-state index in [1.807, 2.05) is 0 Å². The van der Waals surface area contributed by atoms with Crippen molar-refractivity contribution in [2.45, 2.75) is 71.2 Å². The maximum absolute atomic E-state index is 11.3. The van der Waals surface area contributed by atoms with Crippen LogP contribution in [0.3, 0.4) is 0 Å². The van der Waals surface area contributed by atoms with Gasteiger partial charge in [-0.3, -0.25) is 0 Å². The smallest absolute Gasteiger partial charge is 0.416 e. The van der Waals surface area contributed by atoms with Crippen LogP contribution in [0, 0.1) is 0 Å². The fourth-order valence-corrected chi connectivity index (χ4v) is 3.02. The number of esters is 1. The second kappa shape index (κ2) is 7.72. The topological polar surface area (TPSA) is 71.9 Å². The third-order valence-electron chi connectivity index (χ3n) is 3.97. The Bertz CT molecular complexity index is 382. The molecule has 0 saturated heterocycles. The van der Waals surface area contributed by atoms with Crippen molar-refractivity contribution in [3.8, 4) is 0 Å². The van der Waals surface area contributed by atoms with E-state index in [0.717, 1.165) is 6.42 Å². The van der Waals surface area contributed by atoms with E-state index in [4.69, 9.17) is 9.96 Å². The third-order valence-corrected chi connectivity index (χ3v) is 8.50. The summed E-state index contributed by atoms with van der Waals surface area (Å²) >= 11 is 0. The normalized spacial score (nSPS) is 13.6. The van der Waals surface area contributed by atoms with E-state index in [-0.39, 0.29) is 16.9 Å². The van der Waals surface area contributed by atoms with Gasteiger partial charge in [-0.15, -0.1) is 0 Å². The molecule has 5 nitrogen and oxygen atoms in total. The number of carbonyl (C=O) groups excluding carboxylic acids is 1. The van der Waals surface area contributed by atoms with Gasteiger partial charge >= 0.3 is 11.7 Å². The molecule has 0 spiro atoms. The van der Waals surface area contributed by atoms with E-state index in [1.165, 1.54) is 7.11 Å². The van der Waals surface area contributed by atoms with Gasteiger partial charge < -0.3 is 14.7 Å². The number of methoxy groups -OCH3 is 1. The molecule has 0 heterocycles. The first kappa shape index (κ1) is 19.0. The van der Waals surface area contributed by atoms with Crippen molar-refractivity contribution in [1.29, 1.82) is 0 Å². The van der Waals surface area contributed by atoms with Crippen molar-refractivity contribution in [3.63, 3.8) is 0 Å². The molecule has 0 aliphatic carbocycles. The van der Waals surface area contributed by atoms with Gasteiger partial charge in [-0.05, 0) is 31.0 Å². The Morgan fingerprint density at radius 3 is 2.25 bits per heavy atom. The van der Waals surface area contributed by atoms with Crippen LogP contribution in [0.2, 0.25) is 18.1 Å². The SMILES string of the molecule is CCC(CCC(=[N+]=[N-])C(=O)OC)O[Si](C)(C)C(C)(C)C. The Morgan fingerprint density at radius 1 is 1.35 bits per heavy atom. The van der Waals surface area contributed by atoms with Crippen molar-refractivity contribution in [2.75, 3.05) is 7.11 Å². The van der Waals surface area contributed by atoms with E-state index >= 15 is 0 Å². The lowest BCUT2D eigenvalue weighted by atomic mass is 10.1. The lowest BCUT2D eigenvalue weighted by molar-refractivity contribution is -0.137. The molecule has 6 heteroatoms. The second-order valence-corrected chi connectivity index (χ2v) is 11.2. The van der Waals surface area contributed by atoms with Crippen molar-refractivity contribution >= 4 is 20.0 Å². The maximum atomic E-state index is 11.3. The van der Waals surface area contributed by atoms with Crippen LogP contribution in [0.1, 0.15) is 47.0 Å². The monoisotopic (exact) mass is 300 g/mol. The maximum Gasteiger partial charge on any atom is 0.416 e. The van der Waals surface area contributed by atoms with Gasteiger partial charge in [0.15, 0.2) is 8.32 Å². The molecule has 0 rings (SSSR count). The number of hydrogen-bond donors (Lipinski definition) is 0. The second-order valence-electron chi connectivity index (χ2n) is 6.49. The summed E-state index contributed by atoms with van der Waals surface area (Å²) < 4.78 is 10.9. The predicted octanol–water partition coefficient (Wildman–Crippen LogP) is 3.41. The Hall–Kier alpha value is -0.973. The van der Waals surface area contributed by atoms with Crippen LogP contribution < -0.4 is 0 Å². The minimum Gasteiger partial charge on any atom is -0.460 e. The summed E-state index contributed by atoms with van der Waals surface area (Å²) in [5.41, 5.74) is 8.88. The van der Waals surface area contributed by atoms with Gasteiger partial charge in [0.05, 0.1) is 13.5 Å². The number of nitrogens with zero attached hydrogens (tertiary/aromatic N) is 2. The third kappa shape index (κ3) is 5.57. The van der Waals surface area contributed by atoms with Crippen LogP contribution in [0.5, 0.6) is 0 Å². The highest BCUT2D eigenvalue weighted by Gasteiger charge is 2.39. The van der Waals surface area contributed by atoms with E-state index in [1.54, 1.807) is 0 Å². The molecule has 0 amide bonds. The van der Waals surface area contributed by atoms with Crippen molar-refractivity contribution in [3.05, 3.63) is 5.53 Å². The molecule has 0 aliphatic heterocycles. The first-order valence-corrected chi connectivity index (χ1v) is 9.97. The lowest BCUT2D eigenvalue weighted by Gasteiger charge is -2.39. The Kier molecular flexibility index (Phi) is 7.34. The number of ether oxygens (including phenoxy) is 1. The zero-order chi connectivity index (χ0) is 16.0. The van der Waals surface area contributed by atoms with Crippen LogP contribution >= 0.6 is 0 Å². The van der Waals surface area contributed by atoms with Gasteiger partial charge in [-0.25, -0.2) is 4.79 Å². The summed E-state index contributed by atoms with van der Waals surface area (Å²) in [6.45, 7) is 13.1. The van der Waals surface area contributed by atoms with E-state index < -0.39 is 14.3 Å². The molecule has 0 saturated carbocycles. The minimum absolute atomic E-state index is 0.0461. The standard InChI is InChI=1S/C14H28N2O3Si/c1-8-11(19-20(6,7)14(2,3)4)9-10-12(16-15)13(17)18-5/h11H,8-10H2,1-7H3. The Morgan fingerprint density at radius 2 is 1.90 bits per heavy atom. The molecule has 0 N–H and O–H groups in total. The van der Waals surface area contributed by atoms with Gasteiger partial charge in [0.25, 0.3) is 0 Å². The van der Waals surface area contributed by atoms with E-state index in [9.17, 15) is 4.79 Å². The van der Waals surface area contributed by atoms with Gasteiger partial charge in [0.2, 0.25) is 0 Å². The number of hydrogen-bond acceptors (Lipinski definition) is 3. The molecule has 1 unspecified atom stereocenters. The summed E-state index contributed by atoms with van der Waals surface area (Å²) in [5, 5.41) is 0.149. The quantitative estimate of drug-likeness (QED) is 0.238. The highest BCUT2D eigenvalue weighted by Crippen LogP contribution is 2.38. The molecule has 0 aromatic heterocycles. The van der Waals surface area contributed by atoms with E-state index in [2.05, 4.69) is 50.3 Å². The largest absolute Gasteiger partial charge is 0.460 e. The Labute approximate surface area is 123 Å². The molecule has 1 atom stereocenters. The minimum atomic E-state index is -1.83. The first-order chi connectivity index (χ1) is 9.09. The summed E-state index contributed by atoms with van der Waals surface area (Å²) in [4.78, 5) is 14.4. The van der Waals surface area contributed by atoms with Gasteiger partial charge in [0.1, 0.15) is 0 Å². The molecule has 0 aromatic rings. The van der Waals surface area contributed by atoms with Crippen LogP contribution in [0.25, 0.3) is 5.53 Å². The van der Waals surface area contributed by atoms with Crippen LogP contribution in [-0.4, -0.2) is 38.0 Å². The molecule has 0 aliphatic rings. The highest BCUT2D eigenvalue weighted by atomic mass is 28.4. The van der Waals surface area contributed by atoms with Crippen LogP contribution in [0.4, 0.5) is 0 Å². The molecule has 0 bridgehead atoms. The Balaban J connectivity index is 4.66. The summed E-state index contributed by atoms with van der Waals surface area (Å²) in [6.07, 6.45) is 1.94. The molecule has 0 radical (unpaired) electrons. The predicted molar refractivity (Wildman–Crippen MR) is 82.2 cm³/mol. The van der Waals surface area contributed by atoms with Gasteiger partial charge in [-0.2, -0.15) is 4.79 Å². The molecule has 0 fully saturated rings. The van der Waals surface area contributed by atoms with Crippen molar-refractivity contribution in [2.24, 2.45) is 0 Å². The molecular weight excluding hydrogens is 272 g/mol. The average Bonchev–Trinajstić information content (AvgIpc) is 2.35. The average molecular weight is 300 g/mol. The first-order valence-electron chi connectivity index (χ1n) is 7.06. The van der Waals surface area contributed by atoms with Crippen molar-refractivity contribution < 1.29 is 18.7 Å². The molecule has 116 valence electrons. The van der Waals surface area contributed by atoms with Gasteiger partial charge in [0, 0.05) is 6.10 Å². The summed E-state index contributed by atoms with van der Waals surface area (Å²) in [7, 11) is -0.550. The van der Waals surface area contributed by atoms with Crippen molar-refractivity contribution in [1.82, 2.24) is 0 Å². The van der Waals surface area contributed by atoms with Gasteiger partial charge in [-0.1, -0.05) is 27.7 Å².